The summed E-state index contributed by atoms with van der Waals surface area (Å²) >= 11 is 4.09. The van der Waals surface area contributed by atoms with E-state index in [1.54, 1.807) is 24.4 Å². The zero-order valence-electron chi connectivity index (χ0n) is 11.5. The normalized spacial score (nSPS) is 11.0. The van der Waals surface area contributed by atoms with Crippen LogP contribution in [0.3, 0.4) is 0 Å². The van der Waals surface area contributed by atoms with E-state index in [1.807, 2.05) is 4.72 Å². The lowest BCUT2D eigenvalue weighted by atomic mass is 10.4. The fourth-order valence-electron chi connectivity index (χ4n) is 1.47. The Morgan fingerprint density at radius 3 is 2.73 bits per heavy atom. The summed E-state index contributed by atoms with van der Waals surface area (Å²) in [6.45, 7) is 1.69. The number of anilines is 1. The molecular weight excluding hydrogens is 396 g/mol. The highest BCUT2D eigenvalue weighted by atomic mass is 79.9. The largest absolute Gasteiger partial charge is 0.481 e. The lowest BCUT2D eigenvalue weighted by Crippen LogP contribution is -2.34. The van der Waals surface area contributed by atoms with Crippen LogP contribution in [0.1, 0.15) is 5.69 Å². The monoisotopic (exact) mass is 406 g/mol. The summed E-state index contributed by atoms with van der Waals surface area (Å²) in [4.78, 5) is 19.7. The number of nitrogens with one attached hydrogen (secondary N) is 2. The van der Waals surface area contributed by atoms with E-state index in [0.717, 1.165) is 11.3 Å². The Hall–Kier alpha value is -1.72. The van der Waals surface area contributed by atoms with Crippen LogP contribution >= 0.6 is 27.3 Å². The fourth-order valence-corrected chi connectivity index (χ4v) is 4.71. The van der Waals surface area contributed by atoms with Crippen molar-refractivity contribution >= 4 is 49.3 Å². The van der Waals surface area contributed by atoms with Crippen LogP contribution in [0.25, 0.3) is 0 Å². The van der Waals surface area contributed by atoms with Gasteiger partial charge in [-0.3, -0.25) is 5.32 Å². The van der Waals surface area contributed by atoms with E-state index in [2.05, 4.69) is 31.2 Å². The second kappa shape index (κ2) is 6.58. The van der Waals surface area contributed by atoms with Crippen LogP contribution in [0.15, 0.2) is 26.2 Å². The molecule has 0 spiro atoms. The first-order valence-electron chi connectivity index (χ1n) is 5.78. The van der Waals surface area contributed by atoms with Gasteiger partial charge in [0.15, 0.2) is 4.21 Å². The number of hydrogen-bond donors (Lipinski definition) is 2. The SMILES string of the molecule is COc1cc(C)nc(NC(=O)NS(=O)(=O)c2sccc2Br)n1. The van der Waals surface area contributed by atoms with Crippen molar-refractivity contribution in [3.8, 4) is 5.88 Å². The zero-order chi connectivity index (χ0) is 16.3. The van der Waals surface area contributed by atoms with Crippen LogP contribution in [-0.2, 0) is 10.0 Å². The first-order valence-corrected chi connectivity index (χ1v) is 8.94. The second-order valence-electron chi connectivity index (χ2n) is 3.99. The molecule has 2 N–H and O–H groups in total. The molecule has 0 aromatic carbocycles. The Morgan fingerprint density at radius 2 is 2.14 bits per heavy atom. The summed E-state index contributed by atoms with van der Waals surface area (Å²) in [6, 6.07) is 2.18. The van der Waals surface area contributed by atoms with Gasteiger partial charge in [0.25, 0.3) is 10.0 Å². The number of carbonyl (C=O) groups is 1. The highest BCUT2D eigenvalue weighted by Crippen LogP contribution is 2.27. The number of halogens is 1. The van der Waals surface area contributed by atoms with Gasteiger partial charge in [0.2, 0.25) is 11.8 Å². The third-order valence-electron chi connectivity index (χ3n) is 2.32. The highest BCUT2D eigenvalue weighted by Gasteiger charge is 2.22. The van der Waals surface area contributed by atoms with Gasteiger partial charge in [-0.05, 0) is 34.3 Å². The number of sulfonamides is 1. The first-order chi connectivity index (χ1) is 10.3. The average molecular weight is 407 g/mol. The van der Waals surface area contributed by atoms with Crippen molar-refractivity contribution in [2.45, 2.75) is 11.1 Å². The molecule has 11 heteroatoms. The maximum atomic E-state index is 12.0. The zero-order valence-corrected chi connectivity index (χ0v) is 14.7. The number of carbonyl (C=O) groups excluding carboxylic acids is 1. The standard InChI is InChI=1S/C11H11BrN4O4S2/c1-6-5-8(20-2)14-10(13-6)15-11(17)16-22(18,19)9-7(12)3-4-21-9/h3-5H,1-2H3,(H2,13,14,15,16,17). The molecule has 0 fully saturated rings. The fraction of sp³-hybridized carbons (Fsp3) is 0.182. The Bertz CT molecular complexity index is 806. The van der Waals surface area contributed by atoms with Crippen LogP contribution in [0, 0.1) is 6.92 Å². The average Bonchev–Trinajstić information content (AvgIpc) is 2.84. The third kappa shape index (κ3) is 3.93. The molecule has 8 nitrogen and oxygen atoms in total. The topological polar surface area (TPSA) is 110 Å². The molecule has 0 aliphatic carbocycles. The molecule has 2 heterocycles. The molecule has 0 radical (unpaired) electrons. The van der Waals surface area contributed by atoms with Crippen LogP contribution in [0.2, 0.25) is 0 Å². The molecule has 2 aromatic heterocycles. The van der Waals surface area contributed by atoms with E-state index in [9.17, 15) is 13.2 Å². The van der Waals surface area contributed by atoms with Crippen molar-refractivity contribution in [1.29, 1.82) is 0 Å². The predicted molar refractivity (Wildman–Crippen MR) is 84.7 cm³/mol. The number of methoxy groups -OCH3 is 1. The van der Waals surface area contributed by atoms with Crippen LogP contribution in [-0.4, -0.2) is 31.5 Å². The highest BCUT2D eigenvalue weighted by molar-refractivity contribution is 9.10. The van der Waals surface area contributed by atoms with E-state index < -0.39 is 16.1 Å². The number of aryl methyl sites for hydroxylation is 1. The molecule has 0 aliphatic heterocycles. The Morgan fingerprint density at radius 1 is 1.41 bits per heavy atom. The lowest BCUT2D eigenvalue weighted by molar-refractivity contribution is 0.256. The smallest absolute Gasteiger partial charge is 0.335 e. The maximum absolute atomic E-state index is 12.0. The number of urea groups is 1. The van der Waals surface area contributed by atoms with E-state index in [0.29, 0.717) is 10.2 Å². The summed E-state index contributed by atoms with van der Waals surface area (Å²) in [5.41, 5.74) is 0.561. The maximum Gasteiger partial charge on any atom is 0.335 e. The first kappa shape index (κ1) is 16.6. The molecule has 2 amide bonds. The van der Waals surface area contributed by atoms with Crippen molar-refractivity contribution in [1.82, 2.24) is 14.7 Å². The minimum Gasteiger partial charge on any atom is -0.481 e. The molecule has 118 valence electrons. The van der Waals surface area contributed by atoms with Crippen molar-refractivity contribution in [2.75, 3.05) is 12.4 Å². The van der Waals surface area contributed by atoms with Crippen molar-refractivity contribution < 1.29 is 17.9 Å². The Kier molecular flexibility index (Phi) is 4.98. The molecule has 2 rings (SSSR count). The number of hydrogen-bond acceptors (Lipinski definition) is 7. The van der Waals surface area contributed by atoms with Gasteiger partial charge in [0.05, 0.1) is 7.11 Å². The Balaban J connectivity index is 2.14. The van der Waals surface area contributed by atoms with E-state index in [-0.39, 0.29) is 16.0 Å². The third-order valence-corrected chi connectivity index (χ3v) is 6.32. The molecule has 2 aromatic rings. The van der Waals surface area contributed by atoms with Crippen molar-refractivity contribution in [3.63, 3.8) is 0 Å². The quantitative estimate of drug-likeness (QED) is 0.804. The Labute approximate surface area is 139 Å². The van der Waals surface area contributed by atoms with Crippen LogP contribution in [0.4, 0.5) is 10.7 Å². The van der Waals surface area contributed by atoms with Gasteiger partial charge in [0, 0.05) is 16.2 Å². The summed E-state index contributed by atoms with van der Waals surface area (Å²) < 4.78 is 31.3. The van der Waals surface area contributed by atoms with Gasteiger partial charge in [-0.1, -0.05) is 0 Å². The van der Waals surface area contributed by atoms with Gasteiger partial charge in [0.1, 0.15) is 0 Å². The summed E-state index contributed by atoms with van der Waals surface area (Å²) in [5.74, 6) is 0.196. The molecule has 22 heavy (non-hydrogen) atoms. The number of nitrogens with zero attached hydrogens (tertiary/aromatic N) is 2. The van der Waals surface area contributed by atoms with E-state index >= 15 is 0 Å². The predicted octanol–water partition coefficient (Wildman–Crippen LogP) is 2.13. The number of aromatic nitrogens is 2. The van der Waals surface area contributed by atoms with Gasteiger partial charge >= 0.3 is 6.03 Å². The van der Waals surface area contributed by atoms with Gasteiger partial charge in [-0.25, -0.2) is 22.9 Å². The molecule has 0 aliphatic rings. The van der Waals surface area contributed by atoms with Gasteiger partial charge < -0.3 is 4.74 Å². The molecular formula is C11H11BrN4O4S2. The summed E-state index contributed by atoms with van der Waals surface area (Å²) in [6.07, 6.45) is 0. The lowest BCUT2D eigenvalue weighted by Gasteiger charge is -2.08. The molecule has 0 saturated heterocycles. The van der Waals surface area contributed by atoms with E-state index in [1.165, 1.54) is 7.11 Å². The van der Waals surface area contributed by atoms with Gasteiger partial charge in [-0.2, -0.15) is 4.98 Å². The van der Waals surface area contributed by atoms with Crippen molar-refractivity contribution in [2.24, 2.45) is 0 Å². The minimum absolute atomic E-state index is 0.00499. The molecule has 0 bridgehead atoms. The number of amides is 2. The molecule has 0 unspecified atom stereocenters. The second-order valence-corrected chi connectivity index (χ2v) is 7.64. The number of rotatable bonds is 4. The molecule has 0 saturated carbocycles. The van der Waals surface area contributed by atoms with Gasteiger partial charge in [-0.15, -0.1) is 11.3 Å². The molecule has 0 atom stereocenters. The number of thiophene rings is 1. The van der Waals surface area contributed by atoms with E-state index in [4.69, 9.17) is 4.74 Å². The van der Waals surface area contributed by atoms with Crippen LogP contribution in [0.5, 0.6) is 5.88 Å². The minimum atomic E-state index is -3.97. The van der Waals surface area contributed by atoms with Crippen molar-refractivity contribution in [3.05, 3.63) is 27.7 Å². The number of ether oxygens (including phenoxy) is 1. The van der Waals surface area contributed by atoms with Crippen LogP contribution < -0.4 is 14.8 Å². The summed E-state index contributed by atoms with van der Waals surface area (Å²) in [7, 11) is -2.55. The summed E-state index contributed by atoms with van der Waals surface area (Å²) in [5, 5.41) is 3.84.